The maximum Gasteiger partial charge on any atom is 0.332 e. The van der Waals surface area contributed by atoms with Crippen LogP contribution in [0.2, 0.25) is 0 Å². The predicted molar refractivity (Wildman–Crippen MR) is 53.7 cm³/mol. The maximum absolute atomic E-state index is 10.3. The van der Waals surface area contributed by atoms with E-state index in [9.17, 15) is 4.79 Å². The molecule has 0 aliphatic heterocycles. The van der Waals surface area contributed by atoms with Gasteiger partial charge in [0.2, 0.25) is 0 Å². The van der Waals surface area contributed by atoms with Crippen molar-refractivity contribution in [3.8, 4) is 0 Å². The van der Waals surface area contributed by atoms with Gasteiger partial charge in [-0.05, 0) is 5.56 Å². The molecule has 0 heterocycles. The van der Waals surface area contributed by atoms with Crippen molar-refractivity contribution in [2.75, 3.05) is 0 Å². The first kappa shape index (κ1) is 10.5. The summed E-state index contributed by atoms with van der Waals surface area (Å²) in [7, 11) is 0. The standard InChI is InChI=1S/C11H12O3/c12-10(11(13)14)8-4-7-9-5-2-1-3-6-9/h1-7,10,12H,8H2,(H,13,14). The van der Waals surface area contributed by atoms with Gasteiger partial charge in [-0.15, -0.1) is 0 Å². The van der Waals surface area contributed by atoms with Crippen LogP contribution in [0.4, 0.5) is 0 Å². The molecule has 0 bridgehead atoms. The van der Waals surface area contributed by atoms with E-state index in [1.54, 1.807) is 12.2 Å². The lowest BCUT2D eigenvalue weighted by atomic mass is 10.2. The summed E-state index contributed by atoms with van der Waals surface area (Å²) in [6.07, 6.45) is 2.25. The summed E-state index contributed by atoms with van der Waals surface area (Å²) in [5.41, 5.74) is 0.991. The molecule has 2 N–H and O–H groups in total. The van der Waals surface area contributed by atoms with Gasteiger partial charge in [0.25, 0.3) is 0 Å². The summed E-state index contributed by atoms with van der Waals surface area (Å²) in [6.45, 7) is 0. The Bertz CT molecular complexity index is 317. The fourth-order valence-corrected chi connectivity index (χ4v) is 0.998. The molecule has 74 valence electrons. The zero-order chi connectivity index (χ0) is 10.4. The van der Waals surface area contributed by atoms with Crippen LogP contribution in [0.5, 0.6) is 0 Å². The lowest BCUT2D eigenvalue weighted by Crippen LogP contribution is -2.17. The molecule has 0 saturated heterocycles. The molecule has 1 aromatic rings. The van der Waals surface area contributed by atoms with Crippen molar-refractivity contribution in [2.24, 2.45) is 0 Å². The van der Waals surface area contributed by atoms with Gasteiger partial charge in [-0.3, -0.25) is 0 Å². The number of benzene rings is 1. The molecule has 14 heavy (non-hydrogen) atoms. The number of aliphatic hydroxyl groups is 1. The molecule has 0 fully saturated rings. The number of carboxylic acids is 1. The molecule has 1 unspecified atom stereocenters. The lowest BCUT2D eigenvalue weighted by molar-refractivity contribution is -0.146. The highest BCUT2D eigenvalue weighted by molar-refractivity contribution is 5.72. The number of hydrogen-bond donors (Lipinski definition) is 2. The first-order valence-electron chi connectivity index (χ1n) is 4.32. The topological polar surface area (TPSA) is 57.5 Å². The second-order valence-corrected chi connectivity index (χ2v) is 2.90. The third-order valence-corrected chi connectivity index (χ3v) is 1.75. The first-order chi connectivity index (χ1) is 6.70. The van der Waals surface area contributed by atoms with E-state index in [1.807, 2.05) is 30.3 Å². The Hall–Kier alpha value is -1.61. The summed E-state index contributed by atoms with van der Waals surface area (Å²) in [4.78, 5) is 10.3. The number of carboxylic acid groups (broad SMARTS) is 1. The molecule has 0 saturated carbocycles. The minimum atomic E-state index is -1.31. The van der Waals surface area contributed by atoms with E-state index in [2.05, 4.69) is 0 Å². The minimum Gasteiger partial charge on any atom is -0.479 e. The Morgan fingerprint density at radius 2 is 2.00 bits per heavy atom. The monoisotopic (exact) mass is 192 g/mol. The van der Waals surface area contributed by atoms with Gasteiger partial charge >= 0.3 is 5.97 Å². The van der Waals surface area contributed by atoms with Gasteiger partial charge in [0.05, 0.1) is 0 Å². The molecule has 1 atom stereocenters. The van der Waals surface area contributed by atoms with Crippen LogP contribution in [0.1, 0.15) is 12.0 Å². The lowest BCUT2D eigenvalue weighted by Gasteiger charge is -1.99. The Balaban J connectivity index is 2.46. The molecule has 1 aromatic carbocycles. The zero-order valence-corrected chi connectivity index (χ0v) is 7.63. The Labute approximate surface area is 82.3 Å². The van der Waals surface area contributed by atoms with Crippen molar-refractivity contribution in [1.29, 1.82) is 0 Å². The minimum absolute atomic E-state index is 0.129. The number of rotatable bonds is 4. The van der Waals surface area contributed by atoms with Crippen LogP contribution < -0.4 is 0 Å². The van der Waals surface area contributed by atoms with Gasteiger partial charge in [-0.2, -0.15) is 0 Å². The van der Waals surface area contributed by atoms with E-state index in [0.29, 0.717) is 0 Å². The van der Waals surface area contributed by atoms with E-state index in [0.717, 1.165) is 5.56 Å². The van der Waals surface area contributed by atoms with Crippen LogP contribution in [-0.4, -0.2) is 22.3 Å². The molecule has 0 aliphatic rings. The van der Waals surface area contributed by atoms with E-state index >= 15 is 0 Å². The summed E-state index contributed by atoms with van der Waals surface area (Å²) < 4.78 is 0. The second-order valence-electron chi connectivity index (χ2n) is 2.90. The average Bonchev–Trinajstić information content (AvgIpc) is 2.19. The predicted octanol–water partition coefficient (Wildman–Crippen LogP) is 1.54. The van der Waals surface area contributed by atoms with Gasteiger partial charge in [0.15, 0.2) is 6.10 Å². The number of aliphatic hydroxyl groups excluding tert-OH is 1. The zero-order valence-electron chi connectivity index (χ0n) is 7.63. The third kappa shape index (κ3) is 3.41. The van der Waals surface area contributed by atoms with Crippen molar-refractivity contribution in [2.45, 2.75) is 12.5 Å². The first-order valence-corrected chi connectivity index (χ1v) is 4.32. The smallest absolute Gasteiger partial charge is 0.332 e. The van der Waals surface area contributed by atoms with Gasteiger partial charge in [-0.1, -0.05) is 42.5 Å². The maximum atomic E-state index is 10.3. The molecule has 3 heteroatoms. The number of carbonyl (C=O) groups is 1. The van der Waals surface area contributed by atoms with Crippen LogP contribution in [0.3, 0.4) is 0 Å². The van der Waals surface area contributed by atoms with Crippen LogP contribution in [0, 0.1) is 0 Å². The molecule has 3 nitrogen and oxygen atoms in total. The average molecular weight is 192 g/mol. The van der Waals surface area contributed by atoms with E-state index in [1.165, 1.54) is 0 Å². The van der Waals surface area contributed by atoms with Crippen molar-refractivity contribution in [1.82, 2.24) is 0 Å². The van der Waals surface area contributed by atoms with Crippen molar-refractivity contribution in [3.05, 3.63) is 42.0 Å². The fourth-order valence-electron chi connectivity index (χ4n) is 0.998. The molecular weight excluding hydrogens is 180 g/mol. The van der Waals surface area contributed by atoms with Crippen molar-refractivity contribution < 1.29 is 15.0 Å². The van der Waals surface area contributed by atoms with E-state index in [4.69, 9.17) is 10.2 Å². The summed E-state index contributed by atoms with van der Waals surface area (Å²) >= 11 is 0. The highest BCUT2D eigenvalue weighted by Crippen LogP contribution is 2.03. The van der Waals surface area contributed by atoms with Crippen LogP contribution in [0.25, 0.3) is 6.08 Å². The van der Waals surface area contributed by atoms with Crippen molar-refractivity contribution in [3.63, 3.8) is 0 Å². The molecule has 1 rings (SSSR count). The molecule has 0 amide bonds. The van der Waals surface area contributed by atoms with Crippen LogP contribution in [0.15, 0.2) is 36.4 Å². The Morgan fingerprint density at radius 3 is 2.57 bits per heavy atom. The van der Waals surface area contributed by atoms with Gasteiger partial charge in [-0.25, -0.2) is 4.79 Å². The number of aliphatic carboxylic acids is 1. The SMILES string of the molecule is O=C(O)C(O)CC=Cc1ccccc1. The van der Waals surface area contributed by atoms with E-state index < -0.39 is 12.1 Å². The molecule has 0 spiro atoms. The highest BCUT2D eigenvalue weighted by Gasteiger charge is 2.09. The van der Waals surface area contributed by atoms with E-state index in [-0.39, 0.29) is 6.42 Å². The Kier molecular flexibility index (Phi) is 3.88. The molecule has 0 aliphatic carbocycles. The largest absolute Gasteiger partial charge is 0.479 e. The number of hydrogen-bond acceptors (Lipinski definition) is 2. The fraction of sp³-hybridized carbons (Fsp3) is 0.182. The van der Waals surface area contributed by atoms with Crippen molar-refractivity contribution >= 4 is 12.0 Å². The molecular formula is C11H12O3. The van der Waals surface area contributed by atoms with Gasteiger partial charge in [0.1, 0.15) is 0 Å². The van der Waals surface area contributed by atoms with Crippen LogP contribution >= 0.6 is 0 Å². The normalized spacial score (nSPS) is 12.9. The molecule has 0 radical (unpaired) electrons. The van der Waals surface area contributed by atoms with Crippen LogP contribution in [-0.2, 0) is 4.79 Å². The Morgan fingerprint density at radius 1 is 1.36 bits per heavy atom. The van der Waals surface area contributed by atoms with Gasteiger partial charge < -0.3 is 10.2 Å². The summed E-state index contributed by atoms with van der Waals surface area (Å²) in [6, 6.07) is 9.51. The quantitative estimate of drug-likeness (QED) is 0.760. The highest BCUT2D eigenvalue weighted by atomic mass is 16.4. The summed E-state index contributed by atoms with van der Waals surface area (Å²) in [5.74, 6) is -1.19. The second kappa shape index (κ2) is 5.19. The van der Waals surface area contributed by atoms with Gasteiger partial charge in [0, 0.05) is 6.42 Å². The molecule has 0 aromatic heterocycles. The third-order valence-electron chi connectivity index (χ3n) is 1.75. The summed E-state index contributed by atoms with van der Waals surface area (Å²) in [5, 5.41) is 17.3.